The first kappa shape index (κ1) is 12.8. The molecule has 1 rings (SSSR count). The van der Waals surface area contributed by atoms with Gasteiger partial charge in [0.15, 0.2) is 0 Å². The summed E-state index contributed by atoms with van der Waals surface area (Å²) in [6, 6.07) is 1.76. The van der Waals surface area contributed by atoms with Gasteiger partial charge in [-0.05, 0) is 30.8 Å². The zero-order chi connectivity index (χ0) is 12.3. The number of rotatable bonds is 2. The van der Waals surface area contributed by atoms with E-state index in [0.29, 0.717) is 12.8 Å². The number of alkyl halides is 3. The lowest BCUT2D eigenvalue weighted by Crippen LogP contribution is -2.23. The second kappa shape index (κ2) is 4.73. The van der Waals surface area contributed by atoms with Gasteiger partial charge in [0.05, 0.1) is 6.07 Å². The van der Waals surface area contributed by atoms with Crippen molar-refractivity contribution in [1.29, 1.82) is 5.26 Å². The molecule has 0 fully saturated rings. The minimum Gasteiger partial charge on any atom is -0.192 e. The Bertz CT molecular complexity index is 355. The van der Waals surface area contributed by atoms with Crippen LogP contribution in [0, 0.1) is 23.2 Å². The molecule has 0 aromatic rings. The fourth-order valence-electron chi connectivity index (χ4n) is 1.92. The van der Waals surface area contributed by atoms with Gasteiger partial charge in [-0.2, -0.15) is 18.4 Å². The third-order valence-corrected chi connectivity index (χ3v) is 2.59. The van der Waals surface area contributed by atoms with Crippen molar-refractivity contribution in [2.75, 3.05) is 0 Å². The predicted molar refractivity (Wildman–Crippen MR) is 55.4 cm³/mol. The number of halogens is 3. The Balaban J connectivity index is 2.96. The highest BCUT2D eigenvalue weighted by Crippen LogP contribution is 2.39. The Kier molecular flexibility index (Phi) is 3.79. The minimum atomic E-state index is -4.32. The molecule has 1 nitrogen and oxygen atoms in total. The molecule has 0 saturated heterocycles. The number of nitrogens with zero attached hydrogens (tertiary/aromatic N) is 1. The fraction of sp³-hybridized carbons (Fsp3) is 0.583. The highest BCUT2D eigenvalue weighted by molar-refractivity contribution is 5.40. The molecule has 0 saturated carbocycles. The summed E-state index contributed by atoms with van der Waals surface area (Å²) in [7, 11) is 0. The number of allylic oxidation sites excluding steroid dienone is 4. The van der Waals surface area contributed by atoms with Crippen LogP contribution in [0.25, 0.3) is 0 Å². The minimum absolute atomic E-state index is 0.118. The molecule has 0 aliphatic heterocycles. The summed E-state index contributed by atoms with van der Waals surface area (Å²) in [5.41, 5.74) is -0.437. The Morgan fingerprint density at radius 2 is 2.12 bits per heavy atom. The molecule has 0 aromatic heterocycles. The average Bonchev–Trinajstić information content (AvgIpc) is 2.15. The van der Waals surface area contributed by atoms with Crippen LogP contribution in [0.15, 0.2) is 23.3 Å². The van der Waals surface area contributed by atoms with Crippen molar-refractivity contribution in [3.63, 3.8) is 0 Å². The molecular formula is C12H14F3N. The maximum Gasteiger partial charge on any atom is 0.413 e. The molecule has 0 heterocycles. The van der Waals surface area contributed by atoms with Gasteiger partial charge in [0.1, 0.15) is 0 Å². The Labute approximate surface area is 93.3 Å². The predicted octanol–water partition coefficient (Wildman–Crippen LogP) is 3.99. The third kappa shape index (κ3) is 3.13. The van der Waals surface area contributed by atoms with Crippen molar-refractivity contribution in [3.8, 4) is 6.07 Å². The summed E-state index contributed by atoms with van der Waals surface area (Å²) in [6.07, 6.45) is -0.943. The largest absolute Gasteiger partial charge is 0.413 e. The molecule has 1 atom stereocenters. The van der Waals surface area contributed by atoms with Gasteiger partial charge in [0.25, 0.3) is 0 Å². The van der Waals surface area contributed by atoms with Crippen molar-refractivity contribution in [1.82, 2.24) is 0 Å². The van der Waals surface area contributed by atoms with Crippen LogP contribution in [0.3, 0.4) is 0 Å². The smallest absolute Gasteiger partial charge is 0.192 e. The standard InChI is InChI=1S/C12H14F3N/c1-8(2)5-10-4-3-9(7-16)6-11(10)12(13,14)15/h3,6,8,10H,4-5H2,1-2H3. The molecule has 0 spiro atoms. The summed E-state index contributed by atoms with van der Waals surface area (Å²) >= 11 is 0. The molecule has 0 N–H and O–H groups in total. The Hall–Kier alpha value is -1.24. The van der Waals surface area contributed by atoms with Crippen LogP contribution in [0.1, 0.15) is 26.7 Å². The molecule has 1 aliphatic rings. The van der Waals surface area contributed by atoms with Crippen LogP contribution < -0.4 is 0 Å². The van der Waals surface area contributed by atoms with Gasteiger partial charge >= 0.3 is 6.18 Å². The highest BCUT2D eigenvalue weighted by Gasteiger charge is 2.39. The van der Waals surface area contributed by atoms with Crippen LogP contribution >= 0.6 is 0 Å². The lowest BCUT2D eigenvalue weighted by atomic mass is 9.83. The molecule has 1 unspecified atom stereocenters. The maximum atomic E-state index is 12.7. The summed E-state index contributed by atoms with van der Waals surface area (Å²) < 4.78 is 38.2. The monoisotopic (exact) mass is 229 g/mol. The number of nitriles is 1. The average molecular weight is 229 g/mol. The van der Waals surface area contributed by atoms with Crippen LogP contribution in [0.4, 0.5) is 13.2 Å². The zero-order valence-electron chi connectivity index (χ0n) is 9.30. The second-order valence-corrected chi connectivity index (χ2v) is 4.43. The van der Waals surface area contributed by atoms with Crippen LogP contribution in [0.5, 0.6) is 0 Å². The molecule has 1 aliphatic carbocycles. The van der Waals surface area contributed by atoms with Gasteiger partial charge in [-0.15, -0.1) is 0 Å². The van der Waals surface area contributed by atoms with Crippen molar-refractivity contribution in [2.24, 2.45) is 11.8 Å². The third-order valence-electron chi connectivity index (χ3n) is 2.59. The molecular weight excluding hydrogens is 215 g/mol. The van der Waals surface area contributed by atoms with Gasteiger partial charge in [-0.3, -0.25) is 0 Å². The van der Waals surface area contributed by atoms with E-state index in [2.05, 4.69) is 0 Å². The second-order valence-electron chi connectivity index (χ2n) is 4.43. The van der Waals surface area contributed by atoms with E-state index in [-0.39, 0.29) is 11.5 Å². The quantitative estimate of drug-likeness (QED) is 0.702. The zero-order valence-corrected chi connectivity index (χ0v) is 9.30. The van der Waals surface area contributed by atoms with Gasteiger partial charge in [0, 0.05) is 11.1 Å². The van der Waals surface area contributed by atoms with Crippen molar-refractivity contribution in [2.45, 2.75) is 32.9 Å². The van der Waals surface area contributed by atoms with E-state index in [1.807, 2.05) is 13.8 Å². The molecule has 0 aromatic carbocycles. The molecule has 0 bridgehead atoms. The van der Waals surface area contributed by atoms with Crippen molar-refractivity contribution < 1.29 is 13.2 Å². The molecule has 0 radical (unpaired) electrons. The first-order valence-corrected chi connectivity index (χ1v) is 5.23. The van der Waals surface area contributed by atoms with E-state index in [4.69, 9.17) is 5.26 Å². The van der Waals surface area contributed by atoms with Crippen molar-refractivity contribution in [3.05, 3.63) is 23.3 Å². The lowest BCUT2D eigenvalue weighted by Gasteiger charge is -2.25. The molecule has 4 heteroatoms. The first-order valence-electron chi connectivity index (χ1n) is 5.23. The topological polar surface area (TPSA) is 23.8 Å². The van der Waals surface area contributed by atoms with Crippen LogP contribution in [-0.2, 0) is 0 Å². The summed E-state index contributed by atoms with van der Waals surface area (Å²) in [6.45, 7) is 3.80. The molecule has 16 heavy (non-hydrogen) atoms. The van der Waals surface area contributed by atoms with Gasteiger partial charge in [-0.1, -0.05) is 19.9 Å². The Morgan fingerprint density at radius 3 is 2.56 bits per heavy atom. The Morgan fingerprint density at radius 1 is 1.50 bits per heavy atom. The number of hydrogen-bond donors (Lipinski definition) is 0. The molecule has 0 amide bonds. The normalized spacial score (nSPS) is 21.4. The lowest BCUT2D eigenvalue weighted by molar-refractivity contribution is -0.0999. The van der Waals surface area contributed by atoms with Crippen LogP contribution in [0.2, 0.25) is 0 Å². The SMILES string of the molecule is CC(C)CC1CC=C(C#N)C=C1C(F)(F)F. The van der Waals surface area contributed by atoms with E-state index in [0.717, 1.165) is 6.08 Å². The van der Waals surface area contributed by atoms with Gasteiger partial charge < -0.3 is 0 Å². The number of hydrogen-bond acceptors (Lipinski definition) is 1. The summed E-state index contributed by atoms with van der Waals surface area (Å²) in [5.74, 6) is -0.287. The van der Waals surface area contributed by atoms with Crippen LogP contribution in [-0.4, -0.2) is 6.18 Å². The van der Waals surface area contributed by atoms with E-state index in [9.17, 15) is 13.2 Å². The summed E-state index contributed by atoms with van der Waals surface area (Å²) in [4.78, 5) is 0. The molecule has 88 valence electrons. The van der Waals surface area contributed by atoms with Gasteiger partial charge in [-0.25, -0.2) is 0 Å². The van der Waals surface area contributed by atoms with E-state index in [1.54, 1.807) is 12.1 Å². The maximum absolute atomic E-state index is 12.7. The van der Waals surface area contributed by atoms with Gasteiger partial charge in [0.2, 0.25) is 0 Å². The first-order chi connectivity index (χ1) is 7.34. The highest BCUT2D eigenvalue weighted by atomic mass is 19.4. The van der Waals surface area contributed by atoms with Crippen molar-refractivity contribution >= 4 is 0 Å². The summed E-state index contributed by atoms with van der Waals surface area (Å²) in [5, 5.41) is 8.61. The van der Waals surface area contributed by atoms with E-state index in [1.165, 1.54) is 0 Å². The fourth-order valence-corrected chi connectivity index (χ4v) is 1.92. The van der Waals surface area contributed by atoms with E-state index >= 15 is 0 Å². The van der Waals surface area contributed by atoms with E-state index < -0.39 is 17.7 Å².